The molecule has 0 fully saturated rings. The van der Waals surface area contributed by atoms with Gasteiger partial charge in [0.2, 0.25) is 0 Å². The van der Waals surface area contributed by atoms with E-state index >= 15 is 0 Å². The molecule has 0 bridgehead atoms. The summed E-state index contributed by atoms with van der Waals surface area (Å²) in [5.74, 6) is 0. The second-order valence-corrected chi connectivity index (χ2v) is 4.02. The van der Waals surface area contributed by atoms with Gasteiger partial charge < -0.3 is 5.21 Å². The number of halogens is 1. The quantitative estimate of drug-likeness (QED) is 0.548. The summed E-state index contributed by atoms with van der Waals surface area (Å²) in [4.78, 5) is 0. The van der Waals surface area contributed by atoms with Crippen molar-refractivity contribution < 1.29 is 5.21 Å². The summed E-state index contributed by atoms with van der Waals surface area (Å²) in [7, 11) is 0. The fourth-order valence-corrected chi connectivity index (χ4v) is 2.32. The summed E-state index contributed by atoms with van der Waals surface area (Å²) in [6.07, 6.45) is 3.00. The highest BCUT2D eigenvalue weighted by Crippen LogP contribution is 2.28. The van der Waals surface area contributed by atoms with Gasteiger partial charge in [-0.25, -0.2) is 0 Å². The van der Waals surface area contributed by atoms with Crippen molar-refractivity contribution in [3.8, 4) is 0 Å². The molecule has 1 N–H and O–H groups in total. The summed E-state index contributed by atoms with van der Waals surface area (Å²) in [5.41, 5.74) is 3.16. The molecule has 0 spiro atoms. The Bertz CT molecular complexity index is 360. The highest BCUT2D eigenvalue weighted by molar-refractivity contribution is 9.10. The minimum Gasteiger partial charge on any atom is -0.411 e. The van der Waals surface area contributed by atoms with E-state index in [0.717, 1.165) is 35.0 Å². The Labute approximate surface area is 85.4 Å². The average molecular weight is 240 g/mol. The van der Waals surface area contributed by atoms with Crippen LogP contribution in [-0.4, -0.2) is 10.9 Å². The third kappa shape index (κ3) is 1.48. The lowest BCUT2D eigenvalue weighted by molar-refractivity contribution is 0.317. The summed E-state index contributed by atoms with van der Waals surface area (Å²) in [5, 5.41) is 12.1. The highest BCUT2D eigenvalue weighted by atomic mass is 79.9. The van der Waals surface area contributed by atoms with E-state index in [-0.39, 0.29) is 0 Å². The number of oxime groups is 1. The molecule has 1 aliphatic carbocycles. The van der Waals surface area contributed by atoms with E-state index in [9.17, 15) is 0 Å². The molecule has 1 aliphatic rings. The lowest BCUT2D eigenvalue weighted by Gasteiger charge is -2.17. The molecule has 0 atom stereocenters. The van der Waals surface area contributed by atoms with Crippen molar-refractivity contribution in [1.29, 1.82) is 0 Å². The maximum atomic E-state index is 8.80. The molecule has 0 heterocycles. The first-order chi connectivity index (χ1) is 6.33. The second-order valence-electron chi connectivity index (χ2n) is 3.17. The van der Waals surface area contributed by atoms with Crippen molar-refractivity contribution in [3.05, 3.63) is 33.8 Å². The minimum atomic E-state index is 0.808. The molecule has 0 aliphatic heterocycles. The maximum absolute atomic E-state index is 8.80. The van der Waals surface area contributed by atoms with Crippen LogP contribution in [0, 0.1) is 0 Å². The Balaban J connectivity index is 2.58. The van der Waals surface area contributed by atoms with Gasteiger partial charge in [0, 0.05) is 10.0 Å². The van der Waals surface area contributed by atoms with E-state index in [0.29, 0.717) is 0 Å². The van der Waals surface area contributed by atoms with E-state index in [2.05, 4.69) is 21.1 Å². The summed E-state index contributed by atoms with van der Waals surface area (Å²) in [6, 6.07) is 6.01. The van der Waals surface area contributed by atoms with Crippen molar-refractivity contribution in [2.75, 3.05) is 0 Å². The van der Waals surface area contributed by atoms with Crippen molar-refractivity contribution in [2.24, 2.45) is 5.16 Å². The van der Waals surface area contributed by atoms with E-state index in [1.807, 2.05) is 18.2 Å². The molecule has 68 valence electrons. The van der Waals surface area contributed by atoms with Gasteiger partial charge in [-0.1, -0.05) is 33.2 Å². The van der Waals surface area contributed by atoms with Gasteiger partial charge in [-0.2, -0.15) is 0 Å². The fourth-order valence-electron chi connectivity index (χ4n) is 1.75. The van der Waals surface area contributed by atoms with Gasteiger partial charge in [-0.15, -0.1) is 0 Å². The van der Waals surface area contributed by atoms with E-state index in [1.54, 1.807) is 0 Å². The van der Waals surface area contributed by atoms with E-state index < -0.39 is 0 Å². The van der Waals surface area contributed by atoms with Crippen LogP contribution >= 0.6 is 15.9 Å². The molecule has 13 heavy (non-hydrogen) atoms. The molecule has 2 rings (SSSR count). The first-order valence-corrected chi connectivity index (χ1v) is 5.11. The number of nitrogens with zero attached hydrogens (tertiary/aromatic N) is 1. The van der Waals surface area contributed by atoms with Gasteiger partial charge in [0.05, 0.1) is 5.71 Å². The Kier molecular flexibility index (Phi) is 2.36. The van der Waals surface area contributed by atoms with Crippen LogP contribution in [0.15, 0.2) is 27.8 Å². The molecular weight excluding hydrogens is 230 g/mol. The van der Waals surface area contributed by atoms with Crippen LogP contribution in [0.2, 0.25) is 0 Å². The number of fused-ring (bicyclic) bond motifs is 1. The predicted octanol–water partition coefficient (Wildman–Crippen LogP) is 2.96. The number of hydrogen-bond acceptors (Lipinski definition) is 2. The number of rotatable bonds is 0. The van der Waals surface area contributed by atoms with Gasteiger partial charge in [-0.3, -0.25) is 0 Å². The molecule has 2 nitrogen and oxygen atoms in total. The van der Waals surface area contributed by atoms with E-state index in [1.165, 1.54) is 5.56 Å². The summed E-state index contributed by atoms with van der Waals surface area (Å²) in [6.45, 7) is 0. The van der Waals surface area contributed by atoms with Crippen molar-refractivity contribution in [2.45, 2.75) is 19.3 Å². The SMILES string of the molecule is O/N=C1\CCCc2c(Br)cccc21. The first-order valence-electron chi connectivity index (χ1n) is 4.31. The highest BCUT2D eigenvalue weighted by Gasteiger charge is 2.17. The zero-order valence-electron chi connectivity index (χ0n) is 7.13. The van der Waals surface area contributed by atoms with Crippen molar-refractivity contribution in [3.63, 3.8) is 0 Å². The van der Waals surface area contributed by atoms with Crippen LogP contribution in [0.1, 0.15) is 24.0 Å². The van der Waals surface area contributed by atoms with Crippen LogP contribution in [0.4, 0.5) is 0 Å². The average Bonchev–Trinajstić information content (AvgIpc) is 2.18. The Morgan fingerprint density at radius 3 is 2.92 bits per heavy atom. The zero-order chi connectivity index (χ0) is 9.26. The lowest BCUT2D eigenvalue weighted by atomic mass is 9.90. The fraction of sp³-hybridized carbons (Fsp3) is 0.300. The van der Waals surface area contributed by atoms with Gasteiger partial charge in [0.1, 0.15) is 0 Å². The van der Waals surface area contributed by atoms with Crippen molar-refractivity contribution in [1.82, 2.24) is 0 Å². The number of benzene rings is 1. The van der Waals surface area contributed by atoms with Gasteiger partial charge in [0.15, 0.2) is 0 Å². The maximum Gasteiger partial charge on any atom is 0.0871 e. The summed E-state index contributed by atoms with van der Waals surface area (Å²) >= 11 is 3.50. The molecule has 3 heteroatoms. The monoisotopic (exact) mass is 239 g/mol. The second kappa shape index (κ2) is 3.50. The molecule has 1 aromatic rings. The lowest BCUT2D eigenvalue weighted by Crippen LogP contribution is -2.12. The number of hydrogen-bond donors (Lipinski definition) is 1. The molecule has 0 saturated heterocycles. The zero-order valence-corrected chi connectivity index (χ0v) is 8.71. The standard InChI is InChI=1S/C10H10BrNO/c11-9-5-1-4-8-7(9)3-2-6-10(8)12-13/h1,4-5,13H,2-3,6H2/b12-10+. The molecule has 1 aromatic carbocycles. The smallest absolute Gasteiger partial charge is 0.0871 e. The van der Waals surface area contributed by atoms with Gasteiger partial charge >= 0.3 is 0 Å². The topological polar surface area (TPSA) is 32.6 Å². The van der Waals surface area contributed by atoms with Gasteiger partial charge in [-0.05, 0) is 30.9 Å². The largest absolute Gasteiger partial charge is 0.411 e. The van der Waals surface area contributed by atoms with Crippen molar-refractivity contribution >= 4 is 21.6 Å². The van der Waals surface area contributed by atoms with E-state index in [4.69, 9.17) is 5.21 Å². The predicted molar refractivity (Wildman–Crippen MR) is 55.4 cm³/mol. The van der Waals surface area contributed by atoms with Gasteiger partial charge in [0.25, 0.3) is 0 Å². The Morgan fingerprint density at radius 2 is 2.15 bits per heavy atom. The Morgan fingerprint density at radius 1 is 1.31 bits per heavy atom. The molecular formula is C10H10BrNO. The normalized spacial score (nSPS) is 18.7. The molecule has 0 saturated carbocycles. The summed E-state index contributed by atoms with van der Waals surface area (Å²) < 4.78 is 1.12. The van der Waals surface area contributed by atoms with Crippen LogP contribution in [0.5, 0.6) is 0 Å². The van der Waals surface area contributed by atoms with Crippen LogP contribution in [0.3, 0.4) is 0 Å². The Hall–Kier alpha value is -0.830. The minimum absolute atomic E-state index is 0.808. The molecule has 0 unspecified atom stereocenters. The first kappa shape index (κ1) is 8.75. The third-order valence-electron chi connectivity index (χ3n) is 2.39. The third-order valence-corrected chi connectivity index (χ3v) is 3.13. The van der Waals surface area contributed by atoms with Crippen LogP contribution < -0.4 is 0 Å². The molecule has 0 amide bonds. The van der Waals surface area contributed by atoms with Crippen LogP contribution in [0.25, 0.3) is 0 Å². The molecule has 0 radical (unpaired) electrons. The molecule has 0 aromatic heterocycles. The van der Waals surface area contributed by atoms with Crippen LogP contribution in [-0.2, 0) is 6.42 Å².